The molecular formula is C16H15N3O4S2. The zero-order chi connectivity index (χ0) is 17.9. The Labute approximate surface area is 148 Å². The number of hydrogen-bond donors (Lipinski definition) is 1. The number of amides is 1. The molecule has 25 heavy (non-hydrogen) atoms. The molecular weight excluding hydrogens is 362 g/mol. The number of carbonyl (C=O) groups excluding carboxylic acids is 1. The number of sulfone groups is 1. The van der Waals surface area contributed by atoms with Gasteiger partial charge in [-0.15, -0.1) is 10.2 Å². The van der Waals surface area contributed by atoms with Crippen molar-refractivity contribution in [2.45, 2.75) is 29.8 Å². The fourth-order valence-corrected chi connectivity index (χ4v) is 4.11. The molecule has 3 aromatic rings. The van der Waals surface area contributed by atoms with E-state index in [0.29, 0.717) is 5.13 Å². The maximum absolute atomic E-state index is 12.5. The molecule has 0 aliphatic heterocycles. The third-order valence-corrected chi connectivity index (χ3v) is 5.82. The molecule has 1 amide bonds. The van der Waals surface area contributed by atoms with Gasteiger partial charge in [-0.25, -0.2) is 8.42 Å². The average molecular weight is 377 g/mol. The van der Waals surface area contributed by atoms with Gasteiger partial charge in [0.05, 0.1) is 4.90 Å². The Bertz CT molecular complexity index is 978. The van der Waals surface area contributed by atoms with Crippen molar-refractivity contribution >= 4 is 32.2 Å². The van der Waals surface area contributed by atoms with E-state index in [0.717, 1.165) is 17.8 Å². The molecule has 130 valence electrons. The molecule has 1 aromatic carbocycles. The van der Waals surface area contributed by atoms with Crippen molar-refractivity contribution < 1.29 is 17.6 Å². The van der Waals surface area contributed by atoms with Crippen LogP contribution in [0.4, 0.5) is 5.13 Å². The Morgan fingerprint density at radius 3 is 2.64 bits per heavy atom. The van der Waals surface area contributed by atoms with Gasteiger partial charge in [0.2, 0.25) is 20.1 Å². The molecule has 9 heteroatoms. The van der Waals surface area contributed by atoms with Gasteiger partial charge >= 0.3 is 0 Å². The van der Waals surface area contributed by atoms with Crippen molar-refractivity contribution in [3.05, 3.63) is 53.2 Å². The Balaban J connectivity index is 1.77. The fraction of sp³-hybridized carbons (Fsp3) is 0.188. The summed E-state index contributed by atoms with van der Waals surface area (Å²) in [5, 5.41) is 11.3. The van der Waals surface area contributed by atoms with Gasteiger partial charge in [-0.2, -0.15) is 0 Å². The third kappa shape index (κ3) is 3.77. The number of anilines is 1. The van der Waals surface area contributed by atoms with Gasteiger partial charge in [0.1, 0.15) is 5.01 Å². The first-order chi connectivity index (χ1) is 12.0. The van der Waals surface area contributed by atoms with Gasteiger partial charge < -0.3 is 4.42 Å². The number of aryl methyl sites for hydroxylation is 1. The molecule has 3 rings (SSSR count). The second-order valence-electron chi connectivity index (χ2n) is 5.14. The highest BCUT2D eigenvalue weighted by molar-refractivity contribution is 7.91. The number of benzene rings is 1. The predicted molar refractivity (Wildman–Crippen MR) is 92.5 cm³/mol. The molecule has 2 heterocycles. The van der Waals surface area contributed by atoms with E-state index >= 15 is 0 Å². The Hall–Kier alpha value is -2.52. The number of aromatic nitrogens is 2. The van der Waals surface area contributed by atoms with Crippen LogP contribution in [0.15, 0.2) is 56.9 Å². The number of carbonyl (C=O) groups is 1. The molecule has 0 saturated carbocycles. The number of furan rings is 1. The highest BCUT2D eigenvalue weighted by Crippen LogP contribution is 2.23. The summed E-state index contributed by atoms with van der Waals surface area (Å²) >= 11 is 1.28. The zero-order valence-electron chi connectivity index (χ0n) is 13.3. The van der Waals surface area contributed by atoms with Crippen molar-refractivity contribution in [2.75, 3.05) is 5.32 Å². The summed E-state index contributed by atoms with van der Waals surface area (Å²) in [6.45, 7) is 2.03. The minimum Gasteiger partial charge on any atom is -0.439 e. The lowest BCUT2D eigenvalue weighted by atomic mass is 10.4. The van der Waals surface area contributed by atoms with Crippen LogP contribution >= 0.6 is 11.3 Å². The molecule has 7 nitrogen and oxygen atoms in total. The van der Waals surface area contributed by atoms with Gasteiger partial charge in [-0.1, -0.05) is 36.5 Å². The Morgan fingerprint density at radius 2 is 1.92 bits per heavy atom. The van der Waals surface area contributed by atoms with Gasteiger partial charge in [0.15, 0.2) is 5.76 Å². The van der Waals surface area contributed by atoms with Gasteiger partial charge in [-0.05, 0) is 30.7 Å². The van der Waals surface area contributed by atoms with Gasteiger partial charge in [-0.3, -0.25) is 10.1 Å². The normalized spacial score (nSPS) is 11.4. The van der Waals surface area contributed by atoms with Crippen LogP contribution < -0.4 is 5.32 Å². The van der Waals surface area contributed by atoms with E-state index in [4.69, 9.17) is 4.42 Å². The van der Waals surface area contributed by atoms with Crippen LogP contribution in [0.3, 0.4) is 0 Å². The van der Waals surface area contributed by atoms with E-state index in [2.05, 4.69) is 15.5 Å². The summed E-state index contributed by atoms with van der Waals surface area (Å²) in [7, 11) is -3.80. The molecule has 0 unspecified atom stereocenters. The predicted octanol–water partition coefficient (Wildman–Crippen LogP) is 3.17. The zero-order valence-corrected chi connectivity index (χ0v) is 14.9. The van der Waals surface area contributed by atoms with Crippen LogP contribution in [0.1, 0.15) is 28.9 Å². The summed E-state index contributed by atoms with van der Waals surface area (Å²) in [5.74, 6) is -0.685. The SMILES string of the molecule is CCCc1nnc(NC(=O)c2ccc(S(=O)(=O)c3ccccc3)o2)s1. The highest BCUT2D eigenvalue weighted by Gasteiger charge is 2.23. The number of nitrogens with zero attached hydrogens (tertiary/aromatic N) is 2. The van der Waals surface area contributed by atoms with Crippen LogP contribution in [-0.4, -0.2) is 24.5 Å². The Morgan fingerprint density at radius 1 is 1.16 bits per heavy atom. The Kier molecular flexibility index (Phi) is 4.95. The summed E-state index contributed by atoms with van der Waals surface area (Å²) in [4.78, 5) is 12.3. The van der Waals surface area contributed by atoms with E-state index in [-0.39, 0.29) is 15.7 Å². The number of nitrogens with one attached hydrogen (secondary N) is 1. The van der Waals surface area contributed by atoms with Crippen LogP contribution in [0.2, 0.25) is 0 Å². The minimum absolute atomic E-state index is 0.102. The molecule has 0 bridgehead atoms. The maximum Gasteiger partial charge on any atom is 0.293 e. The second-order valence-corrected chi connectivity index (χ2v) is 8.08. The van der Waals surface area contributed by atoms with E-state index in [9.17, 15) is 13.2 Å². The number of rotatable bonds is 6. The van der Waals surface area contributed by atoms with Gasteiger partial charge in [0.25, 0.3) is 5.91 Å². The first-order valence-corrected chi connectivity index (χ1v) is 9.84. The lowest BCUT2D eigenvalue weighted by molar-refractivity contribution is 0.0991. The summed E-state index contributed by atoms with van der Waals surface area (Å²) in [5.41, 5.74) is 0. The monoisotopic (exact) mass is 377 g/mol. The van der Waals surface area contributed by atoms with Crippen LogP contribution in [0, 0.1) is 0 Å². The quantitative estimate of drug-likeness (QED) is 0.708. The first-order valence-electron chi connectivity index (χ1n) is 7.54. The van der Waals surface area contributed by atoms with Crippen LogP contribution in [0.5, 0.6) is 0 Å². The molecule has 0 fully saturated rings. The standard InChI is InChI=1S/C16H15N3O4S2/c1-2-6-13-18-19-16(24-13)17-15(20)12-9-10-14(23-12)25(21,22)11-7-4-3-5-8-11/h3-5,7-10H,2,6H2,1H3,(H,17,19,20). The largest absolute Gasteiger partial charge is 0.439 e. The molecule has 1 N–H and O–H groups in total. The van der Waals surface area contributed by atoms with Gasteiger partial charge in [0, 0.05) is 6.42 Å². The van der Waals surface area contributed by atoms with E-state index < -0.39 is 15.7 Å². The van der Waals surface area contributed by atoms with Crippen molar-refractivity contribution in [3.8, 4) is 0 Å². The maximum atomic E-state index is 12.5. The molecule has 0 atom stereocenters. The summed E-state index contributed by atoms with van der Waals surface area (Å²) < 4.78 is 30.2. The molecule has 0 saturated heterocycles. The molecule has 0 spiro atoms. The topological polar surface area (TPSA) is 102 Å². The molecule has 2 aromatic heterocycles. The number of hydrogen-bond acceptors (Lipinski definition) is 7. The van der Waals surface area contributed by atoms with Crippen LogP contribution in [-0.2, 0) is 16.3 Å². The third-order valence-electron chi connectivity index (χ3n) is 3.27. The second kappa shape index (κ2) is 7.16. The van der Waals surface area contributed by atoms with Crippen molar-refractivity contribution in [1.82, 2.24) is 10.2 Å². The van der Waals surface area contributed by atoms with E-state index in [1.807, 2.05) is 6.92 Å². The minimum atomic E-state index is -3.80. The lowest BCUT2D eigenvalue weighted by Gasteiger charge is -2.00. The van der Waals surface area contributed by atoms with Crippen molar-refractivity contribution in [1.29, 1.82) is 0 Å². The summed E-state index contributed by atoms with van der Waals surface area (Å²) in [6.07, 6.45) is 1.72. The smallest absolute Gasteiger partial charge is 0.293 e. The molecule has 0 radical (unpaired) electrons. The van der Waals surface area contributed by atoms with Crippen molar-refractivity contribution in [2.24, 2.45) is 0 Å². The highest BCUT2D eigenvalue weighted by atomic mass is 32.2. The van der Waals surface area contributed by atoms with Crippen molar-refractivity contribution in [3.63, 3.8) is 0 Å². The average Bonchev–Trinajstić information content (AvgIpc) is 3.26. The lowest BCUT2D eigenvalue weighted by Crippen LogP contribution is -2.10. The van der Waals surface area contributed by atoms with E-state index in [1.54, 1.807) is 18.2 Å². The summed E-state index contributed by atoms with van der Waals surface area (Å²) in [6, 6.07) is 10.5. The molecule has 0 aliphatic carbocycles. The van der Waals surface area contributed by atoms with Crippen LogP contribution in [0.25, 0.3) is 0 Å². The molecule has 0 aliphatic rings. The first kappa shape index (κ1) is 17.3. The fourth-order valence-electron chi connectivity index (χ4n) is 2.08. The van der Waals surface area contributed by atoms with E-state index in [1.165, 1.54) is 35.6 Å².